The molecule has 2 aromatic carbocycles. The Balaban J connectivity index is 2.23. The summed E-state index contributed by atoms with van der Waals surface area (Å²) in [6.45, 7) is 0. The molecule has 0 aliphatic heterocycles. The molecule has 0 bridgehead atoms. The Hall–Kier alpha value is -2.73. The predicted molar refractivity (Wildman–Crippen MR) is 69.7 cm³/mol. The first-order valence-electron chi connectivity index (χ1n) is 5.58. The molecule has 3 aromatic rings. The summed E-state index contributed by atoms with van der Waals surface area (Å²) < 4.78 is 0. The molecule has 0 aliphatic carbocycles. The lowest BCUT2D eigenvalue weighted by atomic mass is 10.0. The van der Waals surface area contributed by atoms with Crippen molar-refractivity contribution < 1.29 is 0 Å². The smallest absolute Gasteiger partial charge is 0.116 e. The summed E-state index contributed by atoms with van der Waals surface area (Å²) in [6.07, 6.45) is 3.00. The normalized spacial score (nSPS) is 10.2. The highest BCUT2D eigenvalue weighted by atomic mass is 14.8. The number of hydrogen-bond donors (Lipinski definition) is 0. The third kappa shape index (κ3) is 1.70. The molecule has 0 aliphatic rings. The standard InChI is InChI=1S/C15H9N3/c16-8-14-9-17-10-18-15(14)13-6-5-11-3-1-2-4-12(11)7-13/h1-7,9-10H. The van der Waals surface area contributed by atoms with Crippen molar-refractivity contribution in [3.63, 3.8) is 0 Å². The van der Waals surface area contributed by atoms with Gasteiger partial charge in [0.2, 0.25) is 0 Å². The summed E-state index contributed by atoms with van der Waals surface area (Å²) in [5, 5.41) is 11.4. The summed E-state index contributed by atoms with van der Waals surface area (Å²) in [4.78, 5) is 8.06. The Kier molecular flexibility index (Phi) is 2.47. The van der Waals surface area contributed by atoms with Gasteiger partial charge in [0.25, 0.3) is 0 Å². The Labute approximate surface area is 104 Å². The zero-order valence-corrected chi connectivity index (χ0v) is 9.54. The SMILES string of the molecule is N#Cc1cncnc1-c1ccc2ccccc2c1. The highest BCUT2D eigenvalue weighted by Crippen LogP contribution is 2.24. The van der Waals surface area contributed by atoms with E-state index < -0.39 is 0 Å². The molecule has 0 spiro atoms. The molecule has 84 valence electrons. The van der Waals surface area contributed by atoms with Crippen LogP contribution in [-0.4, -0.2) is 9.97 Å². The lowest BCUT2D eigenvalue weighted by Crippen LogP contribution is -1.90. The van der Waals surface area contributed by atoms with E-state index in [9.17, 15) is 0 Å². The maximum absolute atomic E-state index is 9.06. The molecule has 0 unspecified atom stereocenters. The number of nitrogens with zero attached hydrogens (tertiary/aromatic N) is 3. The quantitative estimate of drug-likeness (QED) is 0.646. The van der Waals surface area contributed by atoms with Crippen LogP contribution in [0.1, 0.15) is 5.56 Å². The van der Waals surface area contributed by atoms with Crippen LogP contribution >= 0.6 is 0 Å². The molecule has 0 atom stereocenters. The Morgan fingerprint density at radius 2 is 1.83 bits per heavy atom. The van der Waals surface area contributed by atoms with Gasteiger partial charge in [0.05, 0.1) is 11.3 Å². The third-order valence-corrected chi connectivity index (χ3v) is 2.86. The van der Waals surface area contributed by atoms with E-state index in [2.05, 4.69) is 22.1 Å². The molecule has 0 fully saturated rings. The number of rotatable bonds is 1. The highest BCUT2D eigenvalue weighted by molar-refractivity contribution is 5.87. The predicted octanol–water partition coefficient (Wildman–Crippen LogP) is 3.17. The number of benzene rings is 2. The first-order chi connectivity index (χ1) is 8.88. The van der Waals surface area contributed by atoms with E-state index in [1.165, 1.54) is 17.9 Å². The Bertz CT molecular complexity index is 757. The van der Waals surface area contributed by atoms with Crippen molar-refractivity contribution in [2.24, 2.45) is 0 Å². The van der Waals surface area contributed by atoms with Gasteiger partial charge in [-0.1, -0.05) is 36.4 Å². The van der Waals surface area contributed by atoms with Crippen LogP contribution in [0.4, 0.5) is 0 Å². The molecule has 0 radical (unpaired) electrons. The first kappa shape index (κ1) is 10.4. The Morgan fingerprint density at radius 3 is 2.67 bits per heavy atom. The average Bonchev–Trinajstić information content (AvgIpc) is 2.46. The molecule has 1 aromatic heterocycles. The zero-order valence-electron chi connectivity index (χ0n) is 9.54. The zero-order chi connectivity index (χ0) is 12.4. The van der Waals surface area contributed by atoms with Gasteiger partial charge in [-0.2, -0.15) is 5.26 Å². The molecular weight excluding hydrogens is 222 g/mol. The molecule has 0 amide bonds. The van der Waals surface area contributed by atoms with Crippen LogP contribution in [0.3, 0.4) is 0 Å². The lowest BCUT2D eigenvalue weighted by Gasteiger charge is -2.04. The van der Waals surface area contributed by atoms with Gasteiger partial charge in [0.1, 0.15) is 12.4 Å². The van der Waals surface area contributed by atoms with Crippen molar-refractivity contribution >= 4 is 10.8 Å². The minimum absolute atomic E-state index is 0.493. The van der Waals surface area contributed by atoms with E-state index in [-0.39, 0.29) is 0 Å². The monoisotopic (exact) mass is 231 g/mol. The molecule has 3 rings (SSSR count). The number of fused-ring (bicyclic) bond motifs is 1. The highest BCUT2D eigenvalue weighted by Gasteiger charge is 2.06. The van der Waals surface area contributed by atoms with Gasteiger partial charge < -0.3 is 0 Å². The number of nitriles is 1. The lowest BCUT2D eigenvalue weighted by molar-refractivity contribution is 1.16. The molecular formula is C15H9N3. The van der Waals surface area contributed by atoms with Crippen molar-refractivity contribution in [1.82, 2.24) is 9.97 Å². The fourth-order valence-corrected chi connectivity index (χ4v) is 1.98. The van der Waals surface area contributed by atoms with Gasteiger partial charge in [-0.05, 0) is 16.8 Å². The van der Waals surface area contributed by atoms with Crippen LogP contribution < -0.4 is 0 Å². The van der Waals surface area contributed by atoms with E-state index >= 15 is 0 Å². The van der Waals surface area contributed by atoms with Gasteiger partial charge in [0.15, 0.2) is 0 Å². The van der Waals surface area contributed by atoms with Crippen LogP contribution in [0.25, 0.3) is 22.0 Å². The van der Waals surface area contributed by atoms with Crippen LogP contribution in [0, 0.1) is 11.3 Å². The molecule has 0 N–H and O–H groups in total. The van der Waals surface area contributed by atoms with Crippen molar-refractivity contribution in [3.8, 4) is 17.3 Å². The second kappa shape index (κ2) is 4.27. The number of hydrogen-bond acceptors (Lipinski definition) is 3. The van der Waals surface area contributed by atoms with E-state index in [1.807, 2.05) is 36.4 Å². The fourth-order valence-electron chi connectivity index (χ4n) is 1.98. The van der Waals surface area contributed by atoms with E-state index in [1.54, 1.807) is 0 Å². The van der Waals surface area contributed by atoms with Gasteiger partial charge in [-0.3, -0.25) is 0 Å². The number of aromatic nitrogens is 2. The Morgan fingerprint density at radius 1 is 1.00 bits per heavy atom. The topological polar surface area (TPSA) is 49.6 Å². The molecule has 0 saturated carbocycles. The third-order valence-electron chi connectivity index (χ3n) is 2.86. The molecule has 3 heteroatoms. The van der Waals surface area contributed by atoms with Crippen LogP contribution in [-0.2, 0) is 0 Å². The van der Waals surface area contributed by atoms with Gasteiger partial charge in [0, 0.05) is 11.8 Å². The van der Waals surface area contributed by atoms with Crippen molar-refractivity contribution in [2.45, 2.75) is 0 Å². The summed E-state index contributed by atoms with van der Waals surface area (Å²) in [6, 6.07) is 16.3. The molecule has 3 nitrogen and oxygen atoms in total. The minimum Gasteiger partial charge on any atom is -0.243 e. The largest absolute Gasteiger partial charge is 0.243 e. The molecule has 18 heavy (non-hydrogen) atoms. The summed E-state index contributed by atoms with van der Waals surface area (Å²) >= 11 is 0. The maximum atomic E-state index is 9.06. The van der Waals surface area contributed by atoms with Crippen LogP contribution in [0.5, 0.6) is 0 Å². The van der Waals surface area contributed by atoms with Gasteiger partial charge in [-0.25, -0.2) is 9.97 Å². The summed E-state index contributed by atoms with van der Waals surface area (Å²) in [5.74, 6) is 0. The minimum atomic E-state index is 0.493. The van der Waals surface area contributed by atoms with Crippen LogP contribution in [0.2, 0.25) is 0 Å². The summed E-state index contributed by atoms with van der Waals surface area (Å²) in [5.41, 5.74) is 2.11. The fraction of sp³-hybridized carbons (Fsp3) is 0. The van der Waals surface area contributed by atoms with Crippen molar-refractivity contribution in [1.29, 1.82) is 5.26 Å². The second-order valence-electron chi connectivity index (χ2n) is 3.96. The average molecular weight is 231 g/mol. The van der Waals surface area contributed by atoms with Crippen LogP contribution in [0.15, 0.2) is 55.0 Å². The second-order valence-corrected chi connectivity index (χ2v) is 3.96. The van der Waals surface area contributed by atoms with E-state index in [0.717, 1.165) is 10.9 Å². The van der Waals surface area contributed by atoms with E-state index in [0.29, 0.717) is 11.3 Å². The summed E-state index contributed by atoms with van der Waals surface area (Å²) in [7, 11) is 0. The maximum Gasteiger partial charge on any atom is 0.116 e. The molecule has 1 heterocycles. The van der Waals surface area contributed by atoms with Gasteiger partial charge >= 0.3 is 0 Å². The van der Waals surface area contributed by atoms with E-state index in [4.69, 9.17) is 5.26 Å². The van der Waals surface area contributed by atoms with Gasteiger partial charge in [-0.15, -0.1) is 0 Å². The van der Waals surface area contributed by atoms with Crippen molar-refractivity contribution in [2.75, 3.05) is 0 Å². The molecule has 0 saturated heterocycles. The van der Waals surface area contributed by atoms with Crippen molar-refractivity contribution in [3.05, 3.63) is 60.6 Å². The first-order valence-corrected chi connectivity index (χ1v) is 5.58.